The summed E-state index contributed by atoms with van der Waals surface area (Å²) in [5.41, 5.74) is 7.99. The van der Waals surface area contributed by atoms with E-state index in [0.29, 0.717) is 6.42 Å². The van der Waals surface area contributed by atoms with Crippen molar-refractivity contribution in [3.63, 3.8) is 0 Å². The second kappa shape index (κ2) is 6.96. The molecule has 0 saturated carbocycles. The Bertz CT molecular complexity index is 650. The van der Waals surface area contributed by atoms with Gasteiger partial charge in [-0.3, -0.25) is 4.79 Å². The third kappa shape index (κ3) is 3.62. The van der Waals surface area contributed by atoms with Crippen molar-refractivity contribution in [3.05, 3.63) is 48.3 Å². The van der Waals surface area contributed by atoms with E-state index < -0.39 is 0 Å². The van der Waals surface area contributed by atoms with Crippen LogP contribution in [0.4, 0.5) is 0 Å². The van der Waals surface area contributed by atoms with Gasteiger partial charge in [0.05, 0.1) is 18.3 Å². The Morgan fingerprint density at radius 3 is 2.87 bits per heavy atom. The van der Waals surface area contributed by atoms with E-state index in [0.717, 1.165) is 37.1 Å². The average molecular weight is 312 g/mol. The zero-order valence-electron chi connectivity index (χ0n) is 13.6. The molecule has 1 aliphatic rings. The van der Waals surface area contributed by atoms with Crippen molar-refractivity contribution in [2.75, 3.05) is 6.54 Å². The SMILES string of the molecule is CC(N)C1CCCCN1C(=O)Cc1cnn(-c2ccccc2)c1. The van der Waals surface area contributed by atoms with Crippen molar-refractivity contribution in [1.82, 2.24) is 14.7 Å². The summed E-state index contributed by atoms with van der Waals surface area (Å²) in [5, 5.41) is 4.36. The van der Waals surface area contributed by atoms with Crippen LogP contribution >= 0.6 is 0 Å². The van der Waals surface area contributed by atoms with Gasteiger partial charge in [0, 0.05) is 24.8 Å². The predicted octanol–water partition coefficient (Wildman–Crippen LogP) is 2.14. The number of para-hydroxylation sites is 1. The number of likely N-dealkylation sites (tertiary alicyclic amines) is 1. The summed E-state index contributed by atoms with van der Waals surface area (Å²) in [6.07, 6.45) is 7.32. The van der Waals surface area contributed by atoms with Gasteiger partial charge in [-0.2, -0.15) is 5.10 Å². The zero-order chi connectivity index (χ0) is 16.2. The maximum Gasteiger partial charge on any atom is 0.227 e. The van der Waals surface area contributed by atoms with Gasteiger partial charge in [0.25, 0.3) is 0 Å². The van der Waals surface area contributed by atoms with Crippen LogP contribution in [0.15, 0.2) is 42.7 Å². The molecule has 2 unspecified atom stereocenters. The Labute approximate surface area is 137 Å². The van der Waals surface area contributed by atoms with Crippen LogP contribution in [0.3, 0.4) is 0 Å². The van der Waals surface area contributed by atoms with Gasteiger partial charge in [-0.05, 0) is 43.9 Å². The molecule has 0 aliphatic carbocycles. The fourth-order valence-electron chi connectivity index (χ4n) is 3.26. The largest absolute Gasteiger partial charge is 0.338 e. The number of hydrogen-bond acceptors (Lipinski definition) is 3. The molecule has 0 bridgehead atoms. The number of benzene rings is 1. The zero-order valence-corrected chi connectivity index (χ0v) is 13.6. The smallest absolute Gasteiger partial charge is 0.227 e. The summed E-state index contributed by atoms with van der Waals surface area (Å²) in [5.74, 6) is 0.152. The highest BCUT2D eigenvalue weighted by molar-refractivity contribution is 5.79. The molecule has 3 rings (SSSR count). The Balaban J connectivity index is 1.69. The van der Waals surface area contributed by atoms with Gasteiger partial charge < -0.3 is 10.6 Å². The lowest BCUT2D eigenvalue weighted by atomic mass is 9.96. The van der Waals surface area contributed by atoms with Crippen LogP contribution in [0.5, 0.6) is 0 Å². The minimum Gasteiger partial charge on any atom is -0.338 e. The van der Waals surface area contributed by atoms with Crippen LogP contribution in [-0.4, -0.2) is 39.2 Å². The van der Waals surface area contributed by atoms with Crippen LogP contribution in [0.2, 0.25) is 0 Å². The third-order valence-electron chi connectivity index (χ3n) is 4.49. The molecule has 122 valence electrons. The lowest BCUT2D eigenvalue weighted by Crippen LogP contribution is -2.52. The fraction of sp³-hybridized carbons (Fsp3) is 0.444. The van der Waals surface area contributed by atoms with Crippen molar-refractivity contribution >= 4 is 5.91 Å². The van der Waals surface area contributed by atoms with Crippen molar-refractivity contribution in [1.29, 1.82) is 0 Å². The molecule has 1 aromatic heterocycles. The molecule has 0 spiro atoms. The fourth-order valence-corrected chi connectivity index (χ4v) is 3.26. The van der Waals surface area contributed by atoms with Gasteiger partial charge in [0.15, 0.2) is 0 Å². The first kappa shape index (κ1) is 15.7. The summed E-state index contributed by atoms with van der Waals surface area (Å²) in [4.78, 5) is 14.6. The van der Waals surface area contributed by atoms with Crippen LogP contribution in [0.1, 0.15) is 31.7 Å². The monoisotopic (exact) mass is 312 g/mol. The van der Waals surface area contributed by atoms with Crippen molar-refractivity contribution in [2.45, 2.75) is 44.7 Å². The molecule has 1 aliphatic heterocycles. The molecule has 0 radical (unpaired) electrons. The topological polar surface area (TPSA) is 64.2 Å². The average Bonchev–Trinajstić information content (AvgIpc) is 3.04. The quantitative estimate of drug-likeness (QED) is 0.941. The van der Waals surface area contributed by atoms with Crippen molar-refractivity contribution < 1.29 is 4.79 Å². The van der Waals surface area contributed by atoms with E-state index in [1.165, 1.54) is 0 Å². The van der Waals surface area contributed by atoms with Gasteiger partial charge >= 0.3 is 0 Å². The third-order valence-corrected chi connectivity index (χ3v) is 4.49. The summed E-state index contributed by atoms with van der Waals surface area (Å²) in [6.45, 7) is 2.81. The lowest BCUT2D eigenvalue weighted by Gasteiger charge is -2.38. The van der Waals surface area contributed by atoms with Gasteiger partial charge in [-0.1, -0.05) is 18.2 Å². The molecule has 5 nitrogen and oxygen atoms in total. The van der Waals surface area contributed by atoms with E-state index in [9.17, 15) is 4.79 Å². The van der Waals surface area contributed by atoms with Crippen molar-refractivity contribution in [3.8, 4) is 5.69 Å². The molecule has 1 amide bonds. The van der Waals surface area contributed by atoms with Crippen LogP contribution in [-0.2, 0) is 11.2 Å². The Hall–Kier alpha value is -2.14. The van der Waals surface area contributed by atoms with Gasteiger partial charge in [-0.15, -0.1) is 0 Å². The first-order chi connectivity index (χ1) is 11.1. The van der Waals surface area contributed by atoms with E-state index in [-0.39, 0.29) is 18.0 Å². The predicted molar refractivity (Wildman–Crippen MR) is 90.3 cm³/mol. The molecule has 1 fully saturated rings. The maximum atomic E-state index is 12.7. The summed E-state index contributed by atoms with van der Waals surface area (Å²) in [6, 6.07) is 10.1. The summed E-state index contributed by atoms with van der Waals surface area (Å²) < 4.78 is 1.81. The number of rotatable bonds is 4. The van der Waals surface area contributed by atoms with Gasteiger partial charge in [0.2, 0.25) is 5.91 Å². The molecular weight excluding hydrogens is 288 g/mol. The van der Waals surface area contributed by atoms with E-state index in [4.69, 9.17) is 5.73 Å². The number of piperidine rings is 1. The number of nitrogens with two attached hydrogens (primary N) is 1. The number of amides is 1. The molecule has 2 atom stereocenters. The summed E-state index contributed by atoms with van der Waals surface area (Å²) in [7, 11) is 0. The first-order valence-electron chi connectivity index (χ1n) is 8.29. The molecular formula is C18H24N4O. The number of carbonyl (C=O) groups excluding carboxylic acids is 1. The molecule has 23 heavy (non-hydrogen) atoms. The molecule has 2 aromatic rings. The van der Waals surface area contributed by atoms with E-state index >= 15 is 0 Å². The van der Waals surface area contributed by atoms with Crippen molar-refractivity contribution in [2.24, 2.45) is 5.73 Å². The molecule has 1 aromatic carbocycles. The maximum absolute atomic E-state index is 12.7. The second-order valence-corrected chi connectivity index (χ2v) is 6.31. The highest BCUT2D eigenvalue weighted by Crippen LogP contribution is 2.20. The number of aromatic nitrogens is 2. The Morgan fingerprint density at radius 1 is 1.35 bits per heavy atom. The lowest BCUT2D eigenvalue weighted by molar-refractivity contribution is -0.134. The Kier molecular flexibility index (Phi) is 4.76. The molecule has 1 saturated heterocycles. The van der Waals surface area contributed by atoms with Gasteiger partial charge in [0.1, 0.15) is 0 Å². The highest BCUT2D eigenvalue weighted by Gasteiger charge is 2.29. The normalized spacial score (nSPS) is 19.6. The Morgan fingerprint density at radius 2 is 2.13 bits per heavy atom. The second-order valence-electron chi connectivity index (χ2n) is 6.31. The van der Waals surface area contributed by atoms with Gasteiger partial charge in [-0.25, -0.2) is 4.68 Å². The number of hydrogen-bond donors (Lipinski definition) is 1. The standard InChI is InChI=1S/C18H24N4O/c1-14(19)17-9-5-6-10-21(17)18(23)11-15-12-20-22(13-15)16-7-3-2-4-8-16/h2-4,7-8,12-14,17H,5-6,9-11,19H2,1H3. The minimum absolute atomic E-state index is 0.0197. The van der Waals surface area contributed by atoms with E-state index in [2.05, 4.69) is 5.10 Å². The summed E-state index contributed by atoms with van der Waals surface area (Å²) >= 11 is 0. The highest BCUT2D eigenvalue weighted by atomic mass is 16.2. The van der Waals surface area contributed by atoms with E-state index in [1.807, 2.05) is 53.0 Å². The van der Waals surface area contributed by atoms with Crippen LogP contribution < -0.4 is 5.73 Å². The van der Waals surface area contributed by atoms with E-state index in [1.54, 1.807) is 6.20 Å². The van der Waals surface area contributed by atoms with Crippen LogP contribution in [0, 0.1) is 0 Å². The molecule has 5 heteroatoms. The number of carbonyl (C=O) groups is 1. The number of nitrogens with zero attached hydrogens (tertiary/aromatic N) is 3. The molecule has 2 N–H and O–H groups in total. The first-order valence-corrected chi connectivity index (χ1v) is 8.29. The molecule has 2 heterocycles. The van der Waals surface area contributed by atoms with Crippen LogP contribution in [0.25, 0.3) is 5.69 Å². The minimum atomic E-state index is 0.0197.